The summed E-state index contributed by atoms with van der Waals surface area (Å²) in [5.41, 5.74) is -0.682. The fraction of sp³-hybridized carbons (Fsp3) is 0.214. The lowest BCUT2D eigenvalue weighted by atomic mass is 9.95. The molecule has 2 aromatic rings. The lowest BCUT2D eigenvalue weighted by Crippen LogP contribution is -2.10. The highest BCUT2D eigenvalue weighted by atomic mass is 19.4. The molecule has 2 rings (SSSR count). The molecule has 1 N–H and O–H groups in total. The molecule has 0 atom stereocenters. The topological polar surface area (TPSA) is 46.5 Å². The number of fused-ring (bicyclic) bond motifs is 1. The van der Waals surface area contributed by atoms with Crippen LogP contribution in [0.1, 0.15) is 21.5 Å². The molecule has 3 nitrogen and oxygen atoms in total. The molecule has 0 saturated heterocycles. The number of benzene rings is 2. The molecule has 0 aliphatic heterocycles. The first kappa shape index (κ1) is 14.2. The van der Waals surface area contributed by atoms with Gasteiger partial charge in [0.15, 0.2) is 0 Å². The molecular formula is C14H11F3O3. The van der Waals surface area contributed by atoms with Gasteiger partial charge in [0, 0.05) is 0 Å². The quantitative estimate of drug-likeness (QED) is 0.910. The van der Waals surface area contributed by atoms with Crippen LogP contribution >= 0.6 is 0 Å². The van der Waals surface area contributed by atoms with Crippen molar-refractivity contribution in [1.82, 2.24) is 0 Å². The Bertz CT molecular complexity index is 690. The van der Waals surface area contributed by atoms with Crippen molar-refractivity contribution >= 4 is 16.7 Å². The van der Waals surface area contributed by atoms with Crippen molar-refractivity contribution in [3.8, 4) is 5.75 Å². The van der Waals surface area contributed by atoms with Crippen LogP contribution in [0.3, 0.4) is 0 Å². The van der Waals surface area contributed by atoms with Crippen molar-refractivity contribution in [2.24, 2.45) is 0 Å². The Kier molecular flexibility index (Phi) is 3.33. The van der Waals surface area contributed by atoms with Gasteiger partial charge in [-0.2, -0.15) is 13.2 Å². The summed E-state index contributed by atoms with van der Waals surface area (Å²) in [5.74, 6) is -1.59. The van der Waals surface area contributed by atoms with Gasteiger partial charge in [0.2, 0.25) is 0 Å². The minimum absolute atomic E-state index is 0.0469. The predicted molar refractivity (Wildman–Crippen MR) is 67.2 cm³/mol. The van der Waals surface area contributed by atoms with Gasteiger partial charge in [-0.1, -0.05) is 12.1 Å². The minimum atomic E-state index is -4.63. The Morgan fingerprint density at radius 3 is 2.25 bits per heavy atom. The largest absolute Gasteiger partial charge is 0.496 e. The fourth-order valence-corrected chi connectivity index (χ4v) is 2.24. The number of ether oxygens (including phenoxy) is 1. The van der Waals surface area contributed by atoms with E-state index in [1.54, 1.807) is 6.92 Å². The molecule has 0 radical (unpaired) electrons. The summed E-state index contributed by atoms with van der Waals surface area (Å²) in [7, 11) is 1.14. The van der Waals surface area contributed by atoms with E-state index in [0.717, 1.165) is 13.2 Å². The molecule has 2 aromatic carbocycles. The normalized spacial score (nSPS) is 11.7. The number of carbonyl (C=O) groups is 1. The molecule has 0 fully saturated rings. The van der Waals surface area contributed by atoms with Crippen LogP contribution in [-0.2, 0) is 6.18 Å². The second-order valence-electron chi connectivity index (χ2n) is 4.30. The number of halogens is 3. The molecular weight excluding hydrogens is 273 g/mol. The smallest absolute Gasteiger partial charge is 0.420 e. The maximum atomic E-state index is 13.2. The third-order valence-electron chi connectivity index (χ3n) is 3.09. The number of methoxy groups -OCH3 is 1. The molecule has 0 unspecified atom stereocenters. The van der Waals surface area contributed by atoms with E-state index in [1.165, 1.54) is 18.2 Å². The summed E-state index contributed by atoms with van der Waals surface area (Å²) >= 11 is 0. The fourth-order valence-electron chi connectivity index (χ4n) is 2.24. The highest BCUT2D eigenvalue weighted by Gasteiger charge is 2.37. The summed E-state index contributed by atoms with van der Waals surface area (Å²) in [6.45, 7) is 1.54. The lowest BCUT2D eigenvalue weighted by molar-refractivity contribution is -0.137. The van der Waals surface area contributed by atoms with Gasteiger partial charge < -0.3 is 9.84 Å². The van der Waals surface area contributed by atoms with E-state index >= 15 is 0 Å². The van der Waals surface area contributed by atoms with Crippen LogP contribution in [0.2, 0.25) is 0 Å². The van der Waals surface area contributed by atoms with Crippen molar-refractivity contribution in [2.75, 3.05) is 7.11 Å². The molecule has 0 amide bonds. The Hall–Kier alpha value is -2.24. The molecule has 0 aromatic heterocycles. The average Bonchev–Trinajstić information content (AvgIpc) is 2.35. The second kappa shape index (κ2) is 4.70. The highest BCUT2D eigenvalue weighted by molar-refractivity contribution is 6.06. The molecule has 0 aliphatic rings. The van der Waals surface area contributed by atoms with Crippen LogP contribution in [0, 0.1) is 6.92 Å². The van der Waals surface area contributed by atoms with E-state index in [-0.39, 0.29) is 22.1 Å². The lowest BCUT2D eigenvalue weighted by Gasteiger charge is -2.16. The van der Waals surface area contributed by atoms with E-state index in [9.17, 15) is 23.1 Å². The Morgan fingerprint density at radius 2 is 1.75 bits per heavy atom. The molecule has 0 saturated carbocycles. The number of hydrogen-bond acceptors (Lipinski definition) is 2. The third-order valence-corrected chi connectivity index (χ3v) is 3.09. The number of carboxylic acids is 1. The van der Waals surface area contributed by atoms with Crippen molar-refractivity contribution in [2.45, 2.75) is 13.1 Å². The summed E-state index contributed by atoms with van der Waals surface area (Å²) < 4.78 is 44.3. The minimum Gasteiger partial charge on any atom is -0.496 e. The van der Waals surface area contributed by atoms with Crippen LogP contribution in [0.15, 0.2) is 24.3 Å². The predicted octanol–water partition coefficient (Wildman–Crippen LogP) is 3.87. The van der Waals surface area contributed by atoms with Gasteiger partial charge in [-0.05, 0) is 35.4 Å². The first-order valence-electron chi connectivity index (χ1n) is 5.68. The molecule has 6 heteroatoms. The van der Waals surface area contributed by atoms with Gasteiger partial charge in [0.1, 0.15) is 11.3 Å². The standard InChI is InChI=1S/C14H11F3O3/c1-7-3-4-9-8(11(7)13(18)19)5-6-10(20-2)12(9)14(15,16)17/h3-6H,1-2H3,(H,18,19). The van der Waals surface area contributed by atoms with E-state index in [2.05, 4.69) is 0 Å². The van der Waals surface area contributed by atoms with Gasteiger partial charge in [0.05, 0.1) is 12.7 Å². The van der Waals surface area contributed by atoms with Crippen LogP contribution in [0.25, 0.3) is 10.8 Å². The maximum absolute atomic E-state index is 13.2. The van der Waals surface area contributed by atoms with Crippen LogP contribution < -0.4 is 4.74 Å². The third kappa shape index (κ3) is 2.17. The molecule has 0 aliphatic carbocycles. The van der Waals surface area contributed by atoms with Crippen molar-refractivity contribution in [3.05, 3.63) is 41.0 Å². The Labute approximate surface area is 112 Å². The van der Waals surface area contributed by atoms with Gasteiger partial charge >= 0.3 is 12.1 Å². The summed E-state index contributed by atoms with van der Waals surface area (Å²) in [6.07, 6.45) is -4.63. The number of aryl methyl sites for hydroxylation is 1. The SMILES string of the molecule is COc1ccc2c(C(=O)O)c(C)ccc2c1C(F)(F)F. The second-order valence-corrected chi connectivity index (χ2v) is 4.30. The zero-order valence-corrected chi connectivity index (χ0v) is 10.7. The zero-order chi connectivity index (χ0) is 15.1. The number of carboxylic acid groups (broad SMARTS) is 1. The van der Waals surface area contributed by atoms with E-state index in [0.29, 0.717) is 5.56 Å². The maximum Gasteiger partial charge on any atom is 0.420 e. The monoisotopic (exact) mass is 284 g/mol. The van der Waals surface area contributed by atoms with Gasteiger partial charge in [-0.25, -0.2) is 4.79 Å². The Balaban J connectivity index is 2.97. The Morgan fingerprint density at radius 1 is 1.15 bits per heavy atom. The summed E-state index contributed by atoms with van der Waals surface area (Å²) in [4.78, 5) is 11.2. The zero-order valence-electron chi connectivity index (χ0n) is 10.7. The number of aromatic carboxylic acids is 1. The average molecular weight is 284 g/mol. The van der Waals surface area contributed by atoms with Crippen molar-refractivity contribution in [3.63, 3.8) is 0 Å². The first-order chi connectivity index (χ1) is 9.27. The van der Waals surface area contributed by atoms with E-state index in [4.69, 9.17) is 4.74 Å². The van der Waals surface area contributed by atoms with E-state index in [1.807, 2.05) is 0 Å². The van der Waals surface area contributed by atoms with Crippen molar-refractivity contribution < 1.29 is 27.8 Å². The van der Waals surface area contributed by atoms with Gasteiger partial charge in [0.25, 0.3) is 0 Å². The molecule has 0 bridgehead atoms. The molecule has 0 heterocycles. The molecule has 0 spiro atoms. The number of alkyl halides is 3. The highest BCUT2D eigenvalue weighted by Crippen LogP contribution is 2.42. The summed E-state index contributed by atoms with van der Waals surface area (Å²) in [6, 6.07) is 5.10. The van der Waals surface area contributed by atoms with Crippen LogP contribution in [0.4, 0.5) is 13.2 Å². The summed E-state index contributed by atoms with van der Waals surface area (Å²) in [5, 5.41) is 9.04. The number of rotatable bonds is 2. The van der Waals surface area contributed by atoms with E-state index < -0.39 is 17.7 Å². The molecule has 106 valence electrons. The van der Waals surface area contributed by atoms with Gasteiger partial charge in [-0.15, -0.1) is 0 Å². The first-order valence-corrected chi connectivity index (χ1v) is 5.68. The van der Waals surface area contributed by atoms with Crippen molar-refractivity contribution in [1.29, 1.82) is 0 Å². The van der Waals surface area contributed by atoms with Gasteiger partial charge in [-0.3, -0.25) is 0 Å². The number of hydrogen-bond donors (Lipinski definition) is 1. The van der Waals surface area contributed by atoms with Crippen LogP contribution in [0.5, 0.6) is 5.75 Å². The molecule has 20 heavy (non-hydrogen) atoms. The van der Waals surface area contributed by atoms with Crippen LogP contribution in [-0.4, -0.2) is 18.2 Å².